The van der Waals surface area contributed by atoms with Gasteiger partial charge in [0.25, 0.3) is 0 Å². The number of nitrogens with zero attached hydrogens (tertiary/aromatic N) is 2. The molecule has 55 heavy (non-hydrogen) atoms. The van der Waals surface area contributed by atoms with E-state index in [0.717, 1.165) is 37.2 Å². The Balaban J connectivity index is 1.93. The van der Waals surface area contributed by atoms with Gasteiger partial charge in [0.1, 0.15) is 62.9 Å². The molecule has 0 amide bonds. The van der Waals surface area contributed by atoms with Crippen molar-refractivity contribution in [3.63, 3.8) is 0 Å². The highest BCUT2D eigenvalue weighted by molar-refractivity contribution is 5.87. The van der Waals surface area contributed by atoms with E-state index in [0.29, 0.717) is 16.7 Å². The lowest BCUT2D eigenvalue weighted by atomic mass is 9.77. The van der Waals surface area contributed by atoms with Crippen molar-refractivity contribution in [1.82, 2.24) is 0 Å². The van der Waals surface area contributed by atoms with Crippen molar-refractivity contribution in [3.05, 3.63) is 77.6 Å². The summed E-state index contributed by atoms with van der Waals surface area (Å²) in [6, 6.07) is 13.4. The molecule has 12 heteroatoms. The predicted molar refractivity (Wildman–Crippen MR) is 201 cm³/mol. The molecular formula is C43H51FN2O9. The van der Waals surface area contributed by atoms with Crippen molar-refractivity contribution in [1.29, 1.82) is 10.5 Å². The third-order valence-electron chi connectivity index (χ3n) is 9.53. The Kier molecular flexibility index (Phi) is 17.6. The second kappa shape index (κ2) is 22.0. The fraction of sp³-hybridized carbons (Fsp3) is 0.488. The van der Waals surface area contributed by atoms with E-state index in [-0.39, 0.29) is 36.0 Å². The summed E-state index contributed by atoms with van der Waals surface area (Å²) in [6.45, 7) is 10.2. The Morgan fingerprint density at radius 3 is 1.93 bits per heavy atom. The van der Waals surface area contributed by atoms with Gasteiger partial charge < -0.3 is 23.7 Å². The van der Waals surface area contributed by atoms with Crippen LogP contribution >= 0.6 is 0 Å². The number of carbonyl (C=O) groups is 4. The SMILES string of the molecule is C=C(C)C(=O)OCc1cc(OCC(COC(=O)CC#N)(COC(=O)CC#N)COC(=O)C(=C)C)ccc1-c1ccc(C2CCC(CCCCC)CC2)cc1F. The molecule has 0 N–H and O–H groups in total. The van der Waals surface area contributed by atoms with Crippen molar-refractivity contribution < 1.29 is 47.3 Å². The monoisotopic (exact) mass is 758 g/mol. The lowest BCUT2D eigenvalue weighted by Gasteiger charge is -2.32. The number of hydrogen-bond donors (Lipinski definition) is 0. The molecule has 0 aliphatic heterocycles. The van der Waals surface area contributed by atoms with Gasteiger partial charge in [-0.2, -0.15) is 10.5 Å². The van der Waals surface area contributed by atoms with E-state index < -0.39 is 67.8 Å². The molecule has 3 rings (SSSR count). The predicted octanol–water partition coefficient (Wildman–Crippen LogP) is 8.36. The van der Waals surface area contributed by atoms with Gasteiger partial charge in [0, 0.05) is 22.3 Å². The average molecular weight is 759 g/mol. The Labute approximate surface area is 323 Å². The number of ether oxygens (including phenoxy) is 5. The molecule has 2 aromatic carbocycles. The first-order chi connectivity index (χ1) is 26.3. The van der Waals surface area contributed by atoms with Gasteiger partial charge in [0.15, 0.2) is 0 Å². The zero-order valence-electron chi connectivity index (χ0n) is 32.1. The highest BCUT2D eigenvalue weighted by Crippen LogP contribution is 2.40. The number of hydrogen-bond acceptors (Lipinski definition) is 11. The van der Waals surface area contributed by atoms with Crippen LogP contribution in [0.4, 0.5) is 4.39 Å². The second-order valence-corrected chi connectivity index (χ2v) is 14.3. The van der Waals surface area contributed by atoms with Gasteiger partial charge in [-0.25, -0.2) is 14.0 Å². The summed E-state index contributed by atoms with van der Waals surface area (Å²) in [5, 5.41) is 17.9. The summed E-state index contributed by atoms with van der Waals surface area (Å²) in [5.41, 5.74) is 0.874. The Morgan fingerprint density at radius 2 is 1.36 bits per heavy atom. The van der Waals surface area contributed by atoms with Crippen LogP contribution in [-0.4, -0.2) is 50.3 Å². The molecule has 1 aliphatic carbocycles. The molecular weight excluding hydrogens is 707 g/mol. The first-order valence-corrected chi connectivity index (χ1v) is 18.6. The highest BCUT2D eigenvalue weighted by Gasteiger charge is 2.38. The minimum atomic E-state index is -1.51. The summed E-state index contributed by atoms with van der Waals surface area (Å²) in [6.07, 6.45) is 8.15. The van der Waals surface area contributed by atoms with Gasteiger partial charge in [-0.15, -0.1) is 0 Å². The molecule has 1 fully saturated rings. The third kappa shape index (κ3) is 14.0. The van der Waals surface area contributed by atoms with Crippen LogP contribution < -0.4 is 4.74 Å². The molecule has 0 spiro atoms. The minimum Gasteiger partial charge on any atom is -0.493 e. The second-order valence-electron chi connectivity index (χ2n) is 14.3. The lowest BCUT2D eigenvalue weighted by Crippen LogP contribution is -2.44. The first kappa shape index (κ1) is 43.9. The molecule has 294 valence electrons. The molecule has 1 saturated carbocycles. The topological polar surface area (TPSA) is 162 Å². The van der Waals surface area contributed by atoms with Crippen LogP contribution in [0.15, 0.2) is 60.7 Å². The zero-order chi connectivity index (χ0) is 40.4. The van der Waals surface area contributed by atoms with E-state index in [2.05, 4.69) is 20.1 Å². The smallest absolute Gasteiger partial charge is 0.333 e. The van der Waals surface area contributed by atoms with Crippen LogP contribution in [0, 0.1) is 39.8 Å². The summed E-state index contributed by atoms with van der Waals surface area (Å²) < 4.78 is 43.5. The number of nitriles is 2. The van der Waals surface area contributed by atoms with Crippen LogP contribution in [0.3, 0.4) is 0 Å². The summed E-state index contributed by atoms with van der Waals surface area (Å²) in [7, 11) is 0. The summed E-state index contributed by atoms with van der Waals surface area (Å²) >= 11 is 0. The standard InChI is InChI=1S/C43H51FN2O9/c1-6-7-8-9-31-10-12-32(13-11-31)33-14-16-37(38(44)23-33)36-17-15-35(22-34(36)24-51-41(49)29(2)3)52-25-43(26-53-39(47)18-20-45,27-54-40(48)19-21-46)28-55-42(50)30(4)5/h14-17,22-23,31-32H,2,4,6-13,18-19,24-28H2,1,3,5H3. The van der Waals surface area contributed by atoms with Gasteiger partial charge in [0.05, 0.1) is 12.1 Å². The van der Waals surface area contributed by atoms with E-state index in [1.54, 1.807) is 42.5 Å². The molecule has 0 atom stereocenters. The van der Waals surface area contributed by atoms with Crippen molar-refractivity contribution >= 4 is 23.9 Å². The molecule has 1 aliphatic rings. The molecule has 0 radical (unpaired) electrons. The van der Waals surface area contributed by atoms with Crippen molar-refractivity contribution in [2.75, 3.05) is 26.4 Å². The molecule has 0 heterocycles. The number of esters is 4. The van der Waals surface area contributed by atoms with E-state index in [1.165, 1.54) is 39.5 Å². The highest BCUT2D eigenvalue weighted by atomic mass is 19.1. The van der Waals surface area contributed by atoms with Gasteiger partial charge in [-0.1, -0.05) is 64.0 Å². The number of halogens is 1. The lowest BCUT2D eigenvalue weighted by molar-refractivity contribution is -0.162. The number of rotatable bonds is 21. The fourth-order valence-corrected chi connectivity index (χ4v) is 6.31. The van der Waals surface area contributed by atoms with Crippen molar-refractivity contribution in [2.24, 2.45) is 11.3 Å². The Bertz CT molecular complexity index is 1750. The maximum atomic E-state index is 16.0. The molecule has 11 nitrogen and oxygen atoms in total. The van der Waals surface area contributed by atoms with Gasteiger partial charge in [0.2, 0.25) is 0 Å². The molecule has 0 aromatic heterocycles. The minimum absolute atomic E-state index is 0.0766. The van der Waals surface area contributed by atoms with Crippen LogP contribution in [-0.2, 0) is 44.7 Å². The zero-order valence-corrected chi connectivity index (χ0v) is 32.1. The number of carbonyl (C=O) groups excluding carboxylic acids is 4. The largest absolute Gasteiger partial charge is 0.493 e. The summed E-state index contributed by atoms with van der Waals surface area (Å²) in [5.74, 6) is -2.37. The van der Waals surface area contributed by atoms with Crippen LogP contribution in [0.5, 0.6) is 5.75 Å². The number of benzene rings is 2. The van der Waals surface area contributed by atoms with E-state index in [9.17, 15) is 19.2 Å². The molecule has 0 bridgehead atoms. The van der Waals surface area contributed by atoms with Gasteiger partial charge in [-0.05, 0) is 80.7 Å². The van der Waals surface area contributed by atoms with Crippen molar-refractivity contribution in [3.8, 4) is 29.0 Å². The molecule has 0 unspecified atom stereocenters. The van der Waals surface area contributed by atoms with Gasteiger partial charge in [-0.3, -0.25) is 9.59 Å². The average Bonchev–Trinajstić information content (AvgIpc) is 3.17. The van der Waals surface area contributed by atoms with Crippen LogP contribution in [0.1, 0.15) is 102 Å². The number of unbranched alkanes of at least 4 members (excludes halogenated alkanes) is 2. The fourth-order valence-electron chi connectivity index (χ4n) is 6.31. The molecule has 0 saturated heterocycles. The van der Waals surface area contributed by atoms with E-state index in [1.807, 2.05) is 6.07 Å². The first-order valence-electron chi connectivity index (χ1n) is 18.6. The quantitative estimate of drug-likeness (QED) is 0.0520. The maximum Gasteiger partial charge on any atom is 0.333 e. The molecule has 2 aromatic rings. The van der Waals surface area contributed by atoms with E-state index >= 15 is 4.39 Å². The Hall–Kier alpha value is -5.49. The Morgan fingerprint density at radius 1 is 0.782 bits per heavy atom. The van der Waals surface area contributed by atoms with E-state index in [4.69, 9.17) is 34.2 Å². The van der Waals surface area contributed by atoms with Crippen molar-refractivity contribution in [2.45, 2.75) is 97.5 Å². The van der Waals surface area contributed by atoms with Crippen LogP contribution in [0.2, 0.25) is 0 Å². The third-order valence-corrected chi connectivity index (χ3v) is 9.53. The summed E-state index contributed by atoms with van der Waals surface area (Å²) in [4.78, 5) is 49.2. The maximum absolute atomic E-state index is 16.0. The van der Waals surface area contributed by atoms with Gasteiger partial charge >= 0.3 is 23.9 Å². The normalized spacial score (nSPS) is 15.1. The van der Waals surface area contributed by atoms with Crippen LogP contribution in [0.25, 0.3) is 11.1 Å².